The monoisotopic (exact) mass is 210 g/mol. The second-order valence-electron chi connectivity index (χ2n) is 3.92. The second-order valence-corrected chi connectivity index (χ2v) is 3.92. The topological polar surface area (TPSA) is 53.3 Å². The maximum atomic E-state index is 11.7. The molecule has 0 bridgehead atoms. The molecule has 1 saturated heterocycles. The van der Waals surface area contributed by atoms with Crippen molar-refractivity contribution < 1.29 is 9.53 Å². The molecule has 0 aliphatic carbocycles. The van der Waals surface area contributed by atoms with E-state index in [4.69, 9.17) is 10.00 Å². The van der Waals surface area contributed by atoms with Crippen LogP contribution >= 0.6 is 0 Å². The molecule has 4 heteroatoms. The maximum Gasteiger partial charge on any atom is 0.224 e. The molecule has 84 valence electrons. The van der Waals surface area contributed by atoms with Gasteiger partial charge in [-0.3, -0.25) is 4.79 Å². The summed E-state index contributed by atoms with van der Waals surface area (Å²) in [5, 5.41) is 8.41. The fourth-order valence-corrected chi connectivity index (χ4v) is 1.66. The molecule has 0 spiro atoms. The smallest absolute Gasteiger partial charge is 0.224 e. The quantitative estimate of drug-likeness (QED) is 0.703. The lowest BCUT2D eigenvalue weighted by molar-refractivity contribution is -0.133. The number of hydrogen-bond acceptors (Lipinski definition) is 3. The van der Waals surface area contributed by atoms with Gasteiger partial charge >= 0.3 is 0 Å². The Hall–Kier alpha value is -1.08. The van der Waals surface area contributed by atoms with Crippen molar-refractivity contribution in [2.45, 2.75) is 38.2 Å². The van der Waals surface area contributed by atoms with Crippen LogP contribution < -0.4 is 0 Å². The van der Waals surface area contributed by atoms with Gasteiger partial charge < -0.3 is 9.64 Å². The molecular formula is C11H18N2O2. The van der Waals surface area contributed by atoms with E-state index in [2.05, 4.69) is 0 Å². The molecule has 1 fully saturated rings. The van der Waals surface area contributed by atoms with Gasteiger partial charge in [0, 0.05) is 20.2 Å². The third kappa shape index (κ3) is 4.30. The molecule has 1 unspecified atom stereocenters. The lowest BCUT2D eigenvalue weighted by Gasteiger charge is -2.24. The van der Waals surface area contributed by atoms with E-state index < -0.39 is 0 Å². The second kappa shape index (κ2) is 6.41. The molecule has 15 heavy (non-hydrogen) atoms. The Morgan fingerprint density at radius 3 is 3.00 bits per heavy atom. The molecule has 1 heterocycles. The Balaban J connectivity index is 2.24. The summed E-state index contributed by atoms with van der Waals surface area (Å²) in [5.41, 5.74) is 0. The predicted octanol–water partition coefficient (Wildman–Crippen LogP) is 1.32. The first kappa shape index (κ1) is 12.0. The molecule has 1 aliphatic rings. The molecule has 1 aliphatic heterocycles. The van der Waals surface area contributed by atoms with Crippen molar-refractivity contribution in [1.82, 2.24) is 4.90 Å². The number of carbonyl (C=O) groups excluding carboxylic acids is 1. The molecule has 0 radical (unpaired) electrons. The van der Waals surface area contributed by atoms with Gasteiger partial charge in [-0.1, -0.05) is 0 Å². The van der Waals surface area contributed by atoms with E-state index in [1.54, 1.807) is 11.9 Å². The largest absolute Gasteiger partial charge is 0.378 e. The molecule has 0 aromatic carbocycles. The van der Waals surface area contributed by atoms with Crippen LogP contribution in [-0.4, -0.2) is 37.1 Å². The molecule has 0 aromatic rings. The lowest BCUT2D eigenvalue weighted by Crippen LogP contribution is -2.32. The summed E-state index contributed by atoms with van der Waals surface area (Å²) < 4.78 is 5.49. The SMILES string of the molecule is CN(CCC#N)C(=O)CC1CCCCO1. The van der Waals surface area contributed by atoms with Crippen LogP contribution in [0.15, 0.2) is 0 Å². The van der Waals surface area contributed by atoms with Crippen LogP contribution in [-0.2, 0) is 9.53 Å². The Kier molecular flexibility index (Phi) is 5.13. The summed E-state index contributed by atoms with van der Waals surface area (Å²) in [6.07, 6.45) is 4.19. The fourth-order valence-electron chi connectivity index (χ4n) is 1.66. The zero-order chi connectivity index (χ0) is 11.1. The molecule has 0 saturated carbocycles. The maximum absolute atomic E-state index is 11.7. The van der Waals surface area contributed by atoms with Crippen LogP contribution in [0.5, 0.6) is 0 Å². The number of amides is 1. The highest BCUT2D eigenvalue weighted by Crippen LogP contribution is 2.16. The van der Waals surface area contributed by atoms with Gasteiger partial charge in [0.05, 0.1) is 25.0 Å². The summed E-state index contributed by atoms with van der Waals surface area (Å²) >= 11 is 0. The van der Waals surface area contributed by atoms with E-state index in [0.29, 0.717) is 19.4 Å². The lowest BCUT2D eigenvalue weighted by atomic mass is 10.1. The van der Waals surface area contributed by atoms with Crippen LogP contribution in [0.4, 0.5) is 0 Å². The summed E-state index contributed by atoms with van der Waals surface area (Å²) in [6, 6.07) is 2.03. The molecule has 0 N–H and O–H groups in total. The van der Waals surface area contributed by atoms with Gasteiger partial charge in [0.2, 0.25) is 5.91 Å². The average Bonchev–Trinajstić information content (AvgIpc) is 2.27. The first-order valence-corrected chi connectivity index (χ1v) is 5.46. The van der Waals surface area contributed by atoms with Crippen molar-refractivity contribution in [1.29, 1.82) is 5.26 Å². The number of carbonyl (C=O) groups is 1. The zero-order valence-electron chi connectivity index (χ0n) is 9.24. The third-order valence-electron chi connectivity index (χ3n) is 2.66. The van der Waals surface area contributed by atoms with Gasteiger partial charge in [-0.2, -0.15) is 5.26 Å². The Morgan fingerprint density at radius 1 is 1.60 bits per heavy atom. The van der Waals surface area contributed by atoms with E-state index in [1.165, 1.54) is 0 Å². The highest BCUT2D eigenvalue weighted by atomic mass is 16.5. The van der Waals surface area contributed by atoms with E-state index >= 15 is 0 Å². The zero-order valence-corrected chi connectivity index (χ0v) is 9.24. The molecular weight excluding hydrogens is 192 g/mol. The van der Waals surface area contributed by atoms with Crippen LogP contribution in [0.2, 0.25) is 0 Å². The van der Waals surface area contributed by atoms with Gasteiger partial charge in [-0.25, -0.2) is 0 Å². The minimum absolute atomic E-state index is 0.0807. The van der Waals surface area contributed by atoms with Crippen molar-refractivity contribution in [2.75, 3.05) is 20.2 Å². The number of hydrogen-bond donors (Lipinski definition) is 0. The minimum Gasteiger partial charge on any atom is -0.378 e. The van der Waals surface area contributed by atoms with Crippen LogP contribution in [0, 0.1) is 11.3 Å². The summed E-state index contributed by atoms with van der Waals surface area (Å²) in [7, 11) is 1.74. The third-order valence-corrected chi connectivity index (χ3v) is 2.66. The van der Waals surface area contributed by atoms with Crippen molar-refractivity contribution in [3.8, 4) is 6.07 Å². The number of nitriles is 1. The van der Waals surface area contributed by atoms with E-state index in [1.807, 2.05) is 6.07 Å². The number of ether oxygens (including phenoxy) is 1. The first-order chi connectivity index (χ1) is 7.24. The van der Waals surface area contributed by atoms with Crippen LogP contribution in [0.25, 0.3) is 0 Å². The highest BCUT2D eigenvalue weighted by molar-refractivity contribution is 5.76. The van der Waals surface area contributed by atoms with E-state index in [9.17, 15) is 4.79 Å². The van der Waals surface area contributed by atoms with Crippen molar-refractivity contribution in [2.24, 2.45) is 0 Å². The van der Waals surface area contributed by atoms with Gasteiger partial charge in [0.1, 0.15) is 0 Å². The summed E-state index contributed by atoms with van der Waals surface area (Å²) in [5.74, 6) is 0.0807. The minimum atomic E-state index is 0.0807. The standard InChI is InChI=1S/C11H18N2O2/c1-13(7-4-6-12)11(14)9-10-5-2-3-8-15-10/h10H,2-5,7-9H2,1H3. The van der Waals surface area contributed by atoms with Gasteiger partial charge in [0.25, 0.3) is 0 Å². The molecule has 1 atom stereocenters. The highest BCUT2D eigenvalue weighted by Gasteiger charge is 2.19. The predicted molar refractivity (Wildman–Crippen MR) is 56.1 cm³/mol. The van der Waals surface area contributed by atoms with Crippen molar-refractivity contribution >= 4 is 5.91 Å². The molecule has 4 nitrogen and oxygen atoms in total. The molecule has 0 aromatic heterocycles. The van der Waals surface area contributed by atoms with Crippen molar-refractivity contribution in [3.05, 3.63) is 0 Å². The van der Waals surface area contributed by atoms with Gasteiger partial charge in [-0.05, 0) is 19.3 Å². The fraction of sp³-hybridized carbons (Fsp3) is 0.818. The molecule has 1 rings (SSSR count). The van der Waals surface area contributed by atoms with Crippen LogP contribution in [0.3, 0.4) is 0 Å². The van der Waals surface area contributed by atoms with Gasteiger partial charge in [-0.15, -0.1) is 0 Å². The van der Waals surface area contributed by atoms with Crippen LogP contribution in [0.1, 0.15) is 32.1 Å². The summed E-state index contributed by atoms with van der Waals surface area (Å²) in [6.45, 7) is 1.29. The number of nitrogens with zero attached hydrogens (tertiary/aromatic N) is 2. The normalized spacial score (nSPS) is 20.7. The molecule has 1 amide bonds. The van der Waals surface area contributed by atoms with Gasteiger partial charge in [0.15, 0.2) is 0 Å². The number of rotatable bonds is 4. The average molecular weight is 210 g/mol. The van der Waals surface area contributed by atoms with E-state index in [0.717, 1.165) is 25.9 Å². The summed E-state index contributed by atoms with van der Waals surface area (Å²) in [4.78, 5) is 13.3. The van der Waals surface area contributed by atoms with Crippen molar-refractivity contribution in [3.63, 3.8) is 0 Å². The Bertz CT molecular complexity index is 241. The first-order valence-electron chi connectivity index (χ1n) is 5.46. The Morgan fingerprint density at radius 2 is 2.40 bits per heavy atom. The van der Waals surface area contributed by atoms with E-state index in [-0.39, 0.29) is 12.0 Å². The Labute approximate surface area is 90.8 Å².